The molecule has 1 saturated heterocycles. The first-order chi connectivity index (χ1) is 5.83. The van der Waals surface area contributed by atoms with Gasteiger partial charge in [0.1, 0.15) is 0 Å². The molecule has 1 aliphatic heterocycles. The average Bonchev–Trinajstić information content (AvgIpc) is 2.53. The van der Waals surface area contributed by atoms with Crippen LogP contribution < -0.4 is 5.32 Å². The molecule has 1 unspecified atom stereocenters. The zero-order valence-electron chi connectivity index (χ0n) is 8.47. The fourth-order valence-corrected chi connectivity index (χ4v) is 1.86. The van der Waals surface area contributed by atoms with Crippen LogP contribution in [0.1, 0.15) is 26.7 Å². The summed E-state index contributed by atoms with van der Waals surface area (Å²) in [5.74, 6) is 0.808. The predicted octanol–water partition coefficient (Wildman–Crippen LogP) is 1.33. The summed E-state index contributed by atoms with van der Waals surface area (Å²) >= 11 is 0. The first kappa shape index (κ1) is 10.0. The highest BCUT2D eigenvalue weighted by atomic mass is 15.1. The molecule has 0 aromatic rings. The van der Waals surface area contributed by atoms with Crippen LogP contribution in [0, 0.1) is 5.92 Å². The van der Waals surface area contributed by atoms with E-state index in [1.54, 1.807) is 0 Å². The van der Waals surface area contributed by atoms with Crippen molar-refractivity contribution < 1.29 is 0 Å². The third-order valence-electron chi connectivity index (χ3n) is 2.51. The van der Waals surface area contributed by atoms with Gasteiger partial charge in [0.05, 0.1) is 0 Å². The average molecular weight is 170 g/mol. The van der Waals surface area contributed by atoms with Crippen LogP contribution in [0.3, 0.4) is 0 Å². The van der Waals surface area contributed by atoms with E-state index in [0.717, 1.165) is 12.5 Å². The van der Waals surface area contributed by atoms with Crippen molar-refractivity contribution in [1.82, 2.24) is 10.2 Å². The highest BCUT2D eigenvalue weighted by Crippen LogP contribution is 2.09. The summed E-state index contributed by atoms with van der Waals surface area (Å²) in [5, 5.41) is 3.40. The Morgan fingerprint density at radius 3 is 2.58 bits per heavy atom. The van der Waals surface area contributed by atoms with Crippen molar-refractivity contribution in [2.75, 3.05) is 32.7 Å². The molecule has 0 saturated carbocycles. The fraction of sp³-hybridized carbons (Fsp3) is 1.00. The first-order valence-corrected chi connectivity index (χ1v) is 5.26. The summed E-state index contributed by atoms with van der Waals surface area (Å²) < 4.78 is 0. The van der Waals surface area contributed by atoms with E-state index in [4.69, 9.17) is 0 Å². The van der Waals surface area contributed by atoms with Crippen LogP contribution in [0.25, 0.3) is 0 Å². The van der Waals surface area contributed by atoms with Gasteiger partial charge in [-0.25, -0.2) is 0 Å². The van der Waals surface area contributed by atoms with Crippen molar-refractivity contribution in [1.29, 1.82) is 0 Å². The SMILES string of the molecule is CCNCC(C)CN1CCCC1. The van der Waals surface area contributed by atoms with E-state index in [1.165, 1.54) is 39.0 Å². The second-order valence-corrected chi connectivity index (χ2v) is 3.92. The molecule has 1 N–H and O–H groups in total. The smallest absolute Gasteiger partial charge is 0.00191 e. The van der Waals surface area contributed by atoms with Crippen molar-refractivity contribution >= 4 is 0 Å². The molecular formula is C10H22N2. The molecule has 2 heteroatoms. The van der Waals surface area contributed by atoms with Gasteiger partial charge >= 0.3 is 0 Å². The van der Waals surface area contributed by atoms with Gasteiger partial charge in [0, 0.05) is 6.54 Å². The van der Waals surface area contributed by atoms with Crippen LogP contribution in [-0.2, 0) is 0 Å². The molecule has 0 amide bonds. The van der Waals surface area contributed by atoms with Gasteiger partial charge in [-0.2, -0.15) is 0 Å². The Balaban J connectivity index is 2.03. The quantitative estimate of drug-likeness (QED) is 0.669. The van der Waals surface area contributed by atoms with Crippen LogP contribution in [0.5, 0.6) is 0 Å². The zero-order chi connectivity index (χ0) is 8.81. The molecule has 2 nitrogen and oxygen atoms in total. The van der Waals surface area contributed by atoms with Gasteiger partial charge < -0.3 is 10.2 Å². The summed E-state index contributed by atoms with van der Waals surface area (Å²) in [4.78, 5) is 2.59. The molecule has 0 aromatic carbocycles. The number of hydrogen-bond acceptors (Lipinski definition) is 2. The summed E-state index contributed by atoms with van der Waals surface area (Å²) in [6.45, 7) is 10.7. The van der Waals surface area contributed by atoms with E-state index >= 15 is 0 Å². The number of rotatable bonds is 5. The summed E-state index contributed by atoms with van der Waals surface area (Å²) in [6, 6.07) is 0. The first-order valence-electron chi connectivity index (χ1n) is 5.26. The minimum Gasteiger partial charge on any atom is -0.317 e. The third-order valence-corrected chi connectivity index (χ3v) is 2.51. The van der Waals surface area contributed by atoms with Crippen molar-refractivity contribution in [3.63, 3.8) is 0 Å². The second-order valence-electron chi connectivity index (χ2n) is 3.92. The minimum absolute atomic E-state index is 0.808. The van der Waals surface area contributed by atoms with Crippen LogP contribution in [0.2, 0.25) is 0 Å². The molecule has 12 heavy (non-hydrogen) atoms. The molecule has 72 valence electrons. The Bertz CT molecular complexity index is 108. The number of nitrogens with zero attached hydrogens (tertiary/aromatic N) is 1. The van der Waals surface area contributed by atoms with Crippen molar-refractivity contribution in [2.24, 2.45) is 5.92 Å². The summed E-state index contributed by atoms with van der Waals surface area (Å²) in [7, 11) is 0. The fourth-order valence-electron chi connectivity index (χ4n) is 1.86. The van der Waals surface area contributed by atoms with Gasteiger partial charge in [-0.3, -0.25) is 0 Å². The van der Waals surface area contributed by atoms with E-state index in [1.807, 2.05) is 0 Å². The maximum atomic E-state index is 3.40. The predicted molar refractivity (Wildman–Crippen MR) is 53.4 cm³/mol. The van der Waals surface area contributed by atoms with Gasteiger partial charge in [-0.05, 0) is 44.9 Å². The Morgan fingerprint density at radius 2 is 2.00 bits per heavy atom. The lowest BCUT2D eigenvalue weighted by Crippen LogP contribution is -2.31. The number of nitrogens with one attached hydrogen (secondary N) is 1. The molecule has 0 aromatic heterocycles. The normalized spacial score (nSPS) is 21.5. The molecule has 0 bridgehead atoms. The number of hydrogen-bond donors (Lipinski definition) is 1. The van der Waals surface area contributed by atoms with Gasteiger partial charge in [0.25, 0.3) is 0 Å². The van der Waals surface area contributed by atoms with Crippen LogP contribution in [-0.4, -0.2) is 37.6 Å². The van der Waals surface area contributed by atoms with Crippen LogP contribution in [0.4, 0.5) is 0 Å². The summed E-state index contributed by atoms with van der Waals surface area (Å²) in [6.07, 6.45) is 2.82. The lowest BCUT2D eigenvalue weighted by atomic mass is 10.1. The standard InChI is InChI=1S/C10H22N2/c1-3-11-8-10(2)9-12-6-4-5-7-12/h10-11H,3-9H2,1-2H3. The molecule has 1 heterocycles. The van der Waals surface area contributed by atoms with E-state index in [2.05, 4.69) is 24.1 Å². The third kappa shape index (κ3) is 3.55. The van der Waals surface area contributed by atoms with Gasteiger partial charge in [0.15, 0.2) is 0 Å². The molecular weight excluding hydrogens is 148 g/mol. The Morgan fingerprint density at radius 1 is 1.33 bits per heavy atom. The number of likely N-dealkylation sites (tertiary alicyclic amines) is 1. The Hall–Kier alpha value is -0.0800. The maximum absolute atomic E-state index is 3.40. The molecule has 1 atom stereocenters. The Kier molecular flexibility index (Phi) is 4.62. The van der Waals surface area contributed by atoms with Crippen molar-refractivity contribution in [2.45, 2.75) is 26.7 Å². The highest BCUT2D eigenvalue weighted by Gasteiger charge is 2.13. The molecule has 0 aliphatic carbocycles. The molecule has 1 aliphatic rings. The van der Waals surface area contributed by atoms with E-state index in [0.29, 0.717) is 0 Å². The van der Waals surface area contributed by atoms with E-state index < -0.39 is 0 Å². The molecule has 0 radical (unpaired) electrons. The Labute approximate surface area is 76.3 Å². The second kappa shape index (κ2) is 5.55. The molecule has 1 fully saturated rings. The van der Waals surface area contributed by atoms with Crippen molar-refractivity contribution in [3.05, 3.63) is 0 Å². The highest BCUT2D eigenvalue weighted by molar-refractivity contribution is 4.69. The molecule has 0 spiro atoms. The van der Waals surface area contributed by atoms with E-state index in [-0.39, 0.29) is 0 Å². The van der Waals surface area contributed by atoms with Crippen molar-refractivity contribution in [3.8, 4) is 0 Å². The van der Waals surface area contributed by atoms with E-state index in [9.17, 15) is 0 Å². The zero-order valence-corrected chi connectivity index (χ0v) is 8.47. The summed E-state index contributed by atoms with van der Waals surface area (Å²) in [5.41, 5.74) is 0. The van der Waals surface area contributed by atoms with Gasteiger partial charge in [0.2, 0.25) is 0 Å². The van der Waals surface area contributed by atoms with Gasteiger partial charge in [-0.1, -0.05) is 13.8 Å². The maximum Gasteiger partial charge on any atom is 0.00191 e. The van der Waals surface area contributed by atoms with Crippen LogP contribution in [0.15, 0.2) is 0 Å². The monoisotopic (exact) mass is 170 g/mol. The lowest BCUT2D eigenvalue weighted by molar-refractivity contribution is 0.283. The molecule has 1 rings (SSSR count). The lowest BCUT2D eigenvalue weighted by Gasteiger charge is -2.20. The minimum atomic E-state index is 0.808. The van der Waals surface area contributed by atoms with Gasteiger partial charge in [-0.15, -0.1) is 0 Å². The topological polar surface area (TPSA) is 15.3 Å². The van der Waals surface area contributed by atoms with Crippen LogP contribution >= 0.6 is 0 Å². The largest absolute Gasteiger partial charge is 0.317 e.